The van der Waals surface area contributed by atoms with Gasteiger partial charge in [-0.1, -0.05) is 6.07 Å². The van der Waals surface area contributed by atoms with Gasteiger partial charge in [0.25, 0.3) is 0 Å². The van der Waals surface area contributed by atoms with E-state index in [-0.39, 0.29) is 12.6 Å². The molecule has 4 nitrogen and oxygen atoms in total. The molecule has 1 aliphatic heterocycles. The summed E-state index contributed by atoms with van der Waals surface area (Å²) in [4.78, 5) is 10.5. The third-order valence-electron chi connectivity index (χ3n) is 4.57. The standard InChI is InChI=1S/C18H23F3N4S/c1-13-24-17(18(19,20)21)16(26-13)12-25(11-14-5-2-3-9-23-14)15-6-4-8-22-10-7-15/h2-3,5,9,15,22H,4,6-8,10-12H2,1H3. The lowest BCUT2D eigenvalue weighted by atomic mass is 10.1. The molecule has 8 heteroatoms. The number of alkyl halides is 3. The van der Waals surface area contributed by atoms with E-state index in [0.717, 1.165) is 49.4 Å². The molecule has 2 aromatic heterocycles. The van der Waals surface area contributed by atoms with E-state index in [0.29, 0.717) is 16.4 Å². The highest BCUT2D eigenvalue weighted by molar-refractivity contribution is 7.11. The van der Waals surface area contributed by atoms with Crippen molar-refractivity contribution in [2.45, 2.75) is 51.5 Å². The van der Waals surface area contributed by atoms with Gasteiger partial charge in [0, 0.05) is 25.3 Å². The van der Waals surface area contributed by atoms with Crippen molar-refractivity contribution in [1.29, 1.82) is 0 Å². The molecule has 0 radical (unpaired) electrons. The summed E-state index contributed by atoms with van der Waals surface area (Å²) < 4.78 is 40.0. The molecule has 3 heterocycles. The molecule has 0 aliphatic carbocycles. The Morgan fingerprint density at radius 1 is 1.23 bits per heavy atom. The summed E-state index contributed by atoms with van der Waals surface area (Å²) in [7, 11) is 0. The van der Waals surface area contributed by atoms with Crippen LogP contribution in [-0.4, -0.2) is 34.0 Å². The zero-order chi connectivity index (χ0) is 18.6. The molecule has 1 N–H and O–H groups in total. The maximum absolute atomic E-state index is 13.3. The minimum atomic E-state index is -4.41. The maximum atomic E-state index is 13.3. The predicted octanol–water partition coefficient (Wildman–Crippen LogP) is 4.01. The third-order valence-corrected chi connectivity index (χ3v) is 5.53. The quantitative estimate of drug-likeness (QED) is 0.846. The molecule has 142 valence electrons. The summed E-state index contributed by atoms with van der Waals surface area (Å²) in [5, 5.41) is 3.82. The first kappa shape index (κ1) is 19.3. The van der Waals surface area contributed by atoms with E-state index in [1.165, 1.54) is 0 Å². The summed E-state index contributed by atoms with van der Waals surface area (Å²) in [6.45, 7) is 4.27. The van der Waals surface area contributed by atoms with Crippen LogP contribution in [-0.2, 0) is 19.3 Å². The van der Waals surface area contributed by atoms with Gasteiger partial charge in [-0.3, -0.25) is 9.88 Å². The zero-order valence-electron chi connectivity index (χ0n) is 14.7. The normalized spacial score (nSPS) is 18.9. The van der Waals surface area contributed by atoms with Crippen LogP contribution in [0.25, 0.3) is 0 Å². The summed E-state index contributed by atoms with van der Waals surface area (Å²) in [5.41, 5.74) is 0.136. The van der Waals surface area contributed by atoms with Gasteiger partial charge in [-0.15, -0.1) is 11.3 Å². The lowest BCUT2D eigenvalue weighted by Gasteiger charge is -2.30. The van der Waals surface area contributed by atoms with E-state index in [4.69, 9.17) is 0 Å². The molecule has 0 aromatic carbocycles. The number of pyridine rings is 1. The van der Waals surface area contributed by atoms with Crippen LogP contribution in [0.2, 0.25) is 0 Å². The molecule has 1 atom stereocenters. The molecule has 0 bridgehead atoms. The van der Waals surface area contributed by atoms with Crippen molar-refractivity contribution in [2.75, 3.05) is 13.1 Å². The minimum absolute atomic E-state index is 0.232. The van der Waals surface area contributed by atoms with Crippen LogP contribution in [0.3, 0.4) is 0 Å². The number of nitrogens with zero attached hydrogens (tertiary/aromatic N) is 3. The lowest BCUT2D eigenvalue weighted by molar-refractivity contribution is -0.141. The number of hydrogen-bond donors (Lipinski definition) is 1. The molecule has 0 saturated carbocycles. The van der Waals surface area contributed by atoms with Crippen LogP contribution >= 0.6 is 11.3 Å². The fourth-order valence-corrected chi connectivity index (χ4v) is 4.34. The molecular formula is C18H23F3N4S. The summed E-state index contributed by atoms with van der Waals surface area (Å²) >= 11 is 1.14. The van der Waals surface area contributed by atoms with E-state index in [1.807, 2.05) is 18.2 Å². The average Bonchev–Trinajstić information content (AvgIpc) is 2.81. The van der Waals surface area contributed by atoms with Gasteiger partial charge < -0.3 is 5.32 Å². The number of thiazole rings is 1. The van der Waals surface area contributed by atoms with E-state index < -0.39 is 11.9 Å². The molecule has 1 fully saturated rings. The SMILES string of the molecule is Cc1nc(C(F)(F)F)c(CN(Cc2ccccn2)C2CCCNCC2)s1. The fraction of sp³-hybridized carbons (Fsp3) is 0.556. The van der Waals surface area contributed by atoms with Crippen LogP contribution in [0.5, 0.6) is 0 Å². The van der Waals surface area contributed by atoms with E-state index >= 15 is 0 Å². The van der Waals surface area contributed by atoms with Crippen LogP contribution < -0.4 is 5.32 Å². The van der Waals surface area contributed by atoms with Crippen molar-refractivity contribution in [1.82, 2.24) is 20.2 Å². The summed E-state index contributed by atoms with van der Waals surface area (Å²) in [5.74, 6) is 0. The van der Waals surface area contributed by atoms with Gasteiger partial charge in [-0.25, -0.2) is 4.98 Å². The van der Waals surface area contributed by atoms with E-state index in [9.17, 15) is 13.2 Å². The predicted molar refractivity (Wildman–Crippen MR) is 95.8 cm³/mol. The van der Waals surface area contributed by atoms with Gasteiger partial charge in [-0.2, -0.15) is 13.2 Å². The van der Waals surface area contributed by atoms with Crippen LogP contribution in [0.4, 0.5) is 13.2 Å². The van der Waals surface area contributed by atoms with Crippen LogP contribution in [0.1, 0.15) is 40.5 Å². The second-order valence-corrected chi connectivity index (χ2v) is 7.85. The minimum Gasteiger partial charge on any atom is -0.317 e. The Kier molecular flexibility index (Phi) is 6.26. The Bertz CT molecular complexity index is 694. The number of halogens is 3. The van der Waals surface area contributed by atoms with Gasteiger partial charge in [0.05, 0.1) is 15.6 Å². The first-order valence-corrected chi connectivity index (χ1v) is 9.63. The van der Waals surface area contributed by atoms with Gasteiger partial charge in [0.1, 0.15) is 0 Å². The molecule has 0 spiro atoms. The Morgan fingerprint density at radius 3 is 2.81 bits per heavy atom. The van der Waals surface area contributed by atoms with Crippen molar-refractivity contribution in [3.05, 3.63) is 45.7 Å². The van der Waals surface area contributed by atoms with Crippen molar-refractivity contribution in [3.8, 4) is 0 Å². The molecule has 1 saturated heterocycles. The molecule has 1 unspecified atom stereocenters. The van der Waals surface area contributed by atoms with Gasteiger partial charge in [0.2, 0.25) is 0 Å². The Balaban J connectivity index is 1.85. The largest absolute Gasteiger partial charge is 0.434 e. The monoisotopic (exact) mass is 384 g/mol. The van der Waals surface area contributed by atoms with Crippen molar-refractivity contribution in [2.24, 2.45) is 0 Å². The number of aromatic nitrogens is 2. The van der Waals surface area contributed by atoms with Gasteiger partial charge in [0.15, 0.2) is 5.69 Å². The maximum Gasteiger partial charge on any atom is 0.434 e. The van der Waals surface area contributed by atoms with E-state index in [1.54, 1.807) is 13.1 Å². The van der Waals surface area contributed by atoms with Gasteiger partial charge in [-0.05, 0) is 51.4 Å². The topological polar surface area (TPSA) is 41.1 Å². The zero-order valence-corrected chi connectivity index (χ0v) is 15.5. The summed E-state index contributed by atoms with van der Waals surface area (Å²) in [6, 6.07) is 5.91. The Labute approximate surface area is 155 Å². The first-order valence-electron chi connectivity index (χ1n) is 8.81. The third kappa shape index (κ3) is 5.02. The highest BCUT2D eigenvalue weighted by atomic mass is 32.1. The summed E-state index contributed by atoms with van der Waals surface area (Å²) in [6.07, 6.45) is 0.226. The number of rotatable bonds is 5. The smallest absolute Gasteiger partial charge is 0.317 e. The molecular weight excluding hydrogens is 361 g/mol. The lowest BCUT2D eigenvalue weighted by Crippen LogP contribution is -2.35. The number of aryl methyl sites for hydroxylation is 1. The molecule has 2 aromatic rings. The van der Waals surface area contributed by atoms with Crippen molar-refractivity contribution < 1.29 is 13.2 Å². The number of hydrogen-bond acceptors (Lipinski definition) is 5. The average molecular weight is 384 g/mol. The highest BCUT2D eigenvalue weighted by Gasteiger charge is 2.38. The van der Waals surface area contributed by atoms with E-state index in [2.05, 4.69) is 20.2 Å². The van der Waals surface area contributed by atoms with Crippen LogP contribution in [0, 0.1) is 6.92 Å². The number of nitrogens with one attached hydrogen (secondary N) is 1. The van der Waals surface area contributed by atoms with Gasteiger partial charge >= 0.3 is 6.18 Å². The molecule has 1 aliphatic rings. The Hall–Kier alpha value is -1.51. The molecule has 26 heavy (non-hydrogen) atoms. The fourth-order valence-electron chi connectivity index (χ4n) is 3.36. The first-order chi connectivity index (χ1) is 12.4. The van der Waals surface area contributed by atoms with Crippen molar-refractivity contribution >= 4 is 11.3 Å². The van der Waals surface area contributed by atoms with Crippen LogP contribution in [0.15, 0.2) is 24.4 Å². The second kappa shape index (κ2) is 8.45. The molecule has 3 rings (SSSR count). The molecule has 0 amide bonds. The van der Waals surface area contributed by atoms with Crippen molar-refractivity contribution in [3.63, 3.8) is 0 Å². The Morgan fingerprint density at radius 2 is 2.08 bits per heavy atom. The highest BCUT2D eigenvalue weighted by Crippen LogP contribution is 2.35. The second-order valence-electron chi connectivity index (χ2n) is 6.56.